The van der Waals surface area contributed by atoms with Crippen molar-refractivity contribution >= 4 is 23.0 Å². The van der Waals surface area contributed by atoms with Crippen molar-refractivity contribution in [1.29, 1.82) is 0 Å². The molecule has 0 saturated carbocycles. The number of aryl methyl sites for hydroxylation is 1. The summed E-state index contributed by atoms with van der Waals surface area (Å²) in [5, 5.41) is 12.1. The van der Waals surface area contributed by atoms with Crippen LogP contribution in [0.1, 0.15) is 45.4 Å². The van der Waals surface area contributed by atoms with Crippen LogP contribution < -0.4 is 5.32 Å². The monoisotopic (exact) mass is 331 g/mol. The maximum atomic E-state index is 12.1. The molecule has 1 atom stereocenters. The van der Waals surface area contributed by atoms with Crippen molar-refractivity contribution in [3.8, 4) is 0 Å². The van der Waals surface area contributed by atoms with Crippen LogP contribution in [0.15, 0.2) is 42.5 Å². The third kappa shape index (κ3) is 5.30. The first-order chi connectivity index (χ1) is 11.1. The number of amides is 1. The molecule has 5 heteroatoms. The van der Waals surface area contributed by atoms with Crippen molar-refractivity contribution in [2.75, 3.05) is 6.61 Å². The Bertz CT molecular complexity index is 651. The van der Waals surface area contributed by atoms with Gasteiger partial charge in [-0.3, -0.25) is 9.59 Å². The third-order valence-electron chi connectivity index (χ3n) is 3.55. The van der Waals surface area contributed by atoms with E-state index in [0.29, 0.717) is 11.3 Å². The predicted octanol–water partition coefficient (Wildman–Crippen LogP) is 3.26. The van der Waals surface area contributed by atoms with Crippen LogP contribution in [0.4, 0.5) is 0 Å². The number of aliphatic hydroxyl groups excluding tert-OH is 1. The zero-order valence-corrected chi connectivity index (χ0v) is 13.9. The van der Waals surface area contributed by atoms with Crippen LogP contribution in [0, 0.1) is 6.92 Å². The summed E-state index contributed by atoms with van der Waals surface area (Å²) < 4.78 is 0. The maximum absolute atomic E-state index is 12.1. The van der Waals surface area contributed by atoms with Gasteiger partial charge in [-0.2, -0.15) is 0 Å². The zero-order valence-electron chi connectivity index (χ0n) is 13.1. The van der Waals surface area contributed by atoms with E-state index in [-0.39, 0.29) is 37.2 Å². The first-order valence-corrected chi connectivity index (χ1v) is 8.46. The lowest BCUT2D eigenvalue weighted by molar-refractivity contribution is -0.121. The molecule has 1 aromatic heterocycles. The lowest BCUT2D eigenvalue weighted by Gasteiger charge is -2.18. The summed E-state index contributed by atoms with van der Waals surface area (Å²) in [5.41, 5.74) is 0.954. The quantitative estimate of drug-likeness (QED) is 0.730. The van der Waals surface area contributed by atoms with Crippen molar-refractivity contribution < 1.29 is 14.7 Å². The minimum atomic E-state index is -0.229. The number of hydrogen-bond acceptors (Lipinski definition) is 4. The van der Waals surface area contributed by atoms with E-state index in [9.17, 15) is 14.7 Å². The third-order valence-corrected chi connectivity index (χ3v) is 4.59. The number of carbonyl (C=O) groups is 2. The summed E-state index contributed by atoms with van der Waals surface area (Å²) in [6.45, 7) is 1.95. The molecule has 0 aliphatic heterocycles. The van der Waals surface area contributed by atoms with Gasteiger partial charge in [-0.05, 0) is 31.0 Å². The summed E-state index contributed by atoms with van der Waals surface area (Å²) in [7, 11) is 0. The van der Waals surface area contributed by atoms with E-state index < -0.39 is 0 Å². The van der Waals surface area contributed by atoms with Crippen LogP contribution in [-0.2, 0) is 4.79 Å². The molecule has 1 heterocycles. The molecule has 0 saturated heterocycles. The number of aliphatic hydroxyl groups is 1. The fourth-order valence-corrected chi connectivity index (χ4v) is 3.17. The highest BCUT2D eigenvalue weighted by Crippen LogP contribution is 2.19. The first kappa shape index (κ1) is 17.4. The molecule has 2 rings (SSSR count). The summed E-state index contributed by atoms with van der Waals surface area (Å²) in [6.07, 6.45) is 0.810. The Hall–Kier alpha value is -1.98. The molecule has 122 valence electrons. The van der Waals surface area contributed by atoms with E-state index in [1.54, 1.807) is 6.07 Å². The van der Waals surface area contributed by atoms with Gasteiger partial charge in [-0.1, -0.05) is 30.3 Å². The molecule has 2 N–H and O–H groups in total. The number of benzene rings is 1. The van der Waals surface area contributed by atoms with Crippen molar-refractivity contribution in [2.45, 2.75) is 32.2 Å². The molecule has 23 heavy (non-hydrogen) atoms. The molecule has 1 aromatic carbocycles. The largest absolute Gasteiger partial charge is 0.396 e. The van der Waals surface area contributed by atoms with Crippen LogP contribution in [0.25, 0.3) is 0 Å². The van der Waals surface area contributed by atoms with Gasteiger partial charge in [0.15, 0.2) is 5.78 Å². The molecule has 1 unspecified atom stereocenters. The number of Topliss-reactive ketones (excluding diaryl/α,β-unsaturated/α-hetero) is 1. The standard InChI is InChI=1S/C18H21NO3S/c1-13-7-9-17(23-13)16(21)8-10-18(22)19-15(11-12-20)14-5-3-2-4-6-14/h2-7,9,15,20H,8,10-12H2,1H3,(H,19,22). The fourth-order valence-electron chi connectivity index (χ4n) is 2.34. The van der Waals surface area contributed by atoms with E-state index >= 15 is 0 Å². The normalized spacial score (nSPS) is 11.9. The average molecular weight is 331 g/mol. The van der Waals surface area contributed by atoms with E-state index in [1.165, 1.54) is 11.3 Å². The van der Waals surface area contributed by atoms with E-state index in [4.69, 9.17) is 0 Å². The molecule has 0 bridgehead atoms. The Labute approximate surface area is 140 Å². The second-order valence-corrected chi connectivity index (χ2v) is 6.66. The zero-order chi connectivity index (χ0) is 16.7. The molecule has 0 fully saturated rings. The van der Waals surface area contributed by atoms with Crippen molar-refractivity contribution in [1.82, 2.24) is 5.32 Å². The van der Waals surface area contributed by atoms with Gasteiger partial charge >= 0.3 is 0 Å². The molecule has 0 aliphatic carbocycles. The topological polar surface area (TPSA) is 66.4 Å². The molecule has 2 aromatic rings. The van der Waals surface area contributed by atoms with Gasteiger partial charge in [-0.15, -0.1) is 11.3 Å². The van der Waals surface area contributed by atoms with Crippen LogP contribution in [-0.4, -0.2) is 23.4 Å². The van der Waals surface area contributed by atoms with Crippen molar-refractivity contribution in [2.24, 2.45) is 0 Å². The van der Waals surface area contributed by atoms with Gasteiger partial charge in [0.2, 0.25) is 5.91 Å². The number of carbonyl (C=O) groups excluding carboxylic acids is 2. The molecule has 4 nitrogen and oxygen atoms in total. The highest BCUT2D eigenvalue weighted by molar-refractivity contribution is 7.14. The summed E-state index contributed by atoms with van der Waals surface area (Å²) in [5.74, 6) is -0.175. The minimum absolute atomic E-state index is 0.00308. The molecule has 0 aliphatic rings. The second-order valence-electron chi connectivity index (χ2n) is 5.38. The van der Waals surface area contributed by atoms with Crippen LogP contribution in [0.5, 0.6) is 0 Å². The van der Waals surface area contributed by atoms with Gasteiger partial charge in [0.05, 0.1) is 10.9 Å². The highest BCUT2D eigenvalue weighted by atomic mass is 32.1. The lowest BCUT2D eigenvalue weighted by Crippen LogP contribution is -2.29. The van der Waals surface area contributed by atoms with Crippen LogP contribution in [0.3, 0.4) is 0 Å². The lowest BCUT2D eigenvalue weighted by atomic mass is 10.0. The minimum Gasteiger partial charge on any atom is -0.396 e. The number of rotatable bonds is 8. The summed E-state index contributed by atoms with van der Waals surface area (Å²) in [4.78, 5) is 25.9. The second kappa shape index (κ2) is 8.60. The van der Waals surface area contributed by atoms with Gasteiger partial charge in [-0.25, -0.2) is 0 Å². The first-order valence-electron chi connectivity index (χ1n) is 7.65. The van der Waals surface area contributed by atoms with Crippen molar-refractivity contribution in [3.63, 3.8) is 0 Å². The predicted molar refractivity (Wildman–Crippen MR) is 91.6 cm³/mol. The van der Waals surface area contributed by atoms with Gasteiger partial charge in [0, 0.05) is 24.3 Å². The van der Waals surface area contributed by atoms with E-state index in [1.807, 2.05) is 43.3 Å². The Morgan fingerprint density at radius 2 is 1.87 bits per heavy atom. The van der Waals surface area contributed by atoms with Crippen LogP contribution in [0.2, 0.25) is 0 Å². The van der Waals surface area contributed by atoms with Gasteiger partial charge in [0.1, 0.15) is 0 Å². The molecule has 0 spiro atoms. The van der Waals surface area contributed by atoms with Gasteiger partial charge in [0.25, 0.3) is 0 Å². The highest BCUT2D eigenvalue weighted by Gasteiger charge is 2.16. The van der Waals surface area contributed by atoms with E-state index in [2.05, 4.69) is 5.32 Å². The Balaban J connectivity index is 1.88. The molecular formula is C18H21NO3S. The molecule has 1 amide bonds. The molecule has 0 radical (unpaired) electrons. The van der Waals surface area contributed by atoms with Crippen LogP contribution >= 0.6 is 11.3 Å². The average Bonchev–Trinajstić information content (AvgIpc) is 2.99. The SMILES string of the molecule is Cc1ccc(C(=O)CCC(=O)NC(CCO)c2ccccc2)s1. The Morgan fingerprint density at radius 1 is 1.13 bits per heavy atom. The summed E-state index contributed by atoms with van der Waals surface area (Å²) in [6, 6.07) is 13.0. The smallest absolute Gasteiger partial charge is 0.220 e. The Morgan fingerprint density at radius 3 is 2.48 bits per heavy atom. The van der Waals surface area contributed by atoms with E-state index in [0.717, 1.165) is 10.4 Å². The number of thiophene rings is 1. The molecular weight excluding hydrogens is 310 g/mol. The maximum Gasteiger partial charge on any atom is 0.220 e. The van der Waals surface area contributed by atoms with Gasteiger partial charge < -0.3 is 10.4 Å². The number of nitrogens with one attached hydrogen (secondary N) is 1. The Kier molecular flexibility index (Phi) is 6.50. The number of hydrogen-bond donors (Lipinski definition) is 2. The summed E-state index contributed by atoms with van der Waals surface area (Å²) >= 11 is 1.45. The van der Waals surface area contributed by atoms with Crippen molar-refractivity contribution in [3.05, 3.63) is 57.8 Å². The number of ketones is 1. The fraction of sp³-hybridized carbons (Fsp3) is 0.333.